The van der Waals surface area contributed by atoms with Gasteiger partial charge in [-0.25, -0.2) is 4.98 Å². The standard InChI is InChI=1S/C15H16BrCl2N3/c1-3-6-19-14-11(17)8-12(18)15(21-14)20-13-5-4-10(16)7-9(13)2/h4-5,7-8H,3,6H2,1-2H3,(H2,19,20,21). The largest absolute Gasteiger partial charge is 0.369 e. The molecule has 0 radical (unpaired) electrons. The van der Waals surface area contributed by atoms with Crippen molar-refractivity contribution in [3.8, 4) is 0 Å². The van der Waals surface area contributed by atoms with Gasteiger partial charge in [0, 0.05) is 16.7 Å². The van der Waals surface area contributed by atoms with Crippen LogP contribution in [0.25, 0.3) is 0 Å². The fraction of sp³-hybridized carbons (Fsp3) is 0.267. The van der Waals surface area contributed by atoms with Crippen molar-refractivity contribution in [2.75, 3.05) is 17.2 Å². The normalized spacial score (nSPS) is 10.5. The number of nitrogens with zero attached hydrogens (tertiary/aromatic N) is 1. The number of nitrogens with one attached hydrogen (secondary N) is 2. The molecule has 1 aromatic carbocycles. The minimum atomic E-state index is 0.490. The van der Waals surface area contributed by atoms with E-state index in [0.29, 0.717) is 21.7 Å². The summed E-state index contributed by atoms with van der Waals surface area (Å²) in [6.07, 6.45) is 0.995. The Hall–Kier alpha value is -0.970. The summed E-state index contributed by atoms with van der Waals surface area (Å²) in [5, 5.41) is 7.45. The molecule has 112 valence electrons. The Balaban J connectivity index is 2.30. The van der Waals surface area contributed by atoms with Crippen LogP contribution in [-0.2, 0) is 0 Å². The van der Waals surface area contributed by atoms with E-state index in [0.717, 1.165) is 28.7 Å². The highest BCUT2D eigenvalue weighted by Crippen LogP contribution is 2.32. The van der Waals surface area contributed by atoms with Gasteiger partial charge in [0.1, 0.15) is 5.82 Å². The van der Waals surface area contributed by atoms with Gasteiger partial charge in [0.2, 0.25) is 0 Å². The van der Waals surface area contributed by atoms with E-state index >= 15 is 0 Å². The first-order valence-electron chi connectivity index (χ1n) is 6.64. The van der Waals surface area contributed by atoms with E-state index in [1.54, 1.807) is 6.07 Å². The van der Waals surface area contributed by atoms with Gasteiger partial charge in [-0.3, -0.25) is 0 Å². The highest BCUT2D eigenvalue weighted by atomic mass is 79.9. The summed E-state index contributed by atoms with van der Waals surface area (Å²) in [6, 6.07) is 7.67. The molecule has 6 heteroatoms. The van der Waals surface area contributed by atoms with E-state index in [2.05, 4.69) is 38.5 Å². The predicted molar refractivity (Wildman–Crippen MR) is 95.2 cm³/mol. The number of hydrogen-bond acceptors (Lipinski definition) is 3. The number of aryl methyl sites for hydroxylation is 1. The van der Waals surface area contributed by atoms with Crippen molar-refractivity contribution in [2.24, 2.45) is 0 Å². The van der Waals surface area contributed by atoms with Crippen LogP contribution in [0, 0.1) is 6.92 Å². The Morgan fingerprint density at radius 3 is 2.52 bits per heavy atom. The Morgan fingerprint density at radius 1 is 1.14 bits per heavy atom. The number of benzene rings is 1. The Morgan fingerprint density at radius 2 is 1.86 bits per heavy atom. The van der Waals surface area contributed by atoms with Crippen LogP contribution in [0.5, 0.6) is 0 Å². The fourth-order valence-corrected chi connectivity index (χ4v) is 2.76. The lowest BCUT2D eigenvalue weighted by Crippen LogP contribution is -2.05. The lowest BCUT2D eigenvalue weighted by molar-refractivity contribution is 0.970. The lowest BCUT2D eigenvalue weighted by atomic mass is 10.2. The summed E-state index contributed by atoms with van der Waals surface area (Å²) in [4.78, 5) is 4.47. The van der Waals surface area contributed by atoms with Crippen LogP contribution in [0.3, 0.4) is 0 Å². The minimum Gasteiger partial charge on any atom is -0.369 e. The molecule has 0 aliphatic rings. The van der Waals surface area contributed by atoms with Crippen LogP contribution in [0.2, 0.25) is 10.0 Å². The lowest BCUT2D eigenvalue weighted by Gasteiger charge is -2.13. The van der Waals surface area contributed by atoms with Crippen LogP contribution < -0.4 is 10.6 Å². The third-order valence-corrected chi connectivity index (χ3v) is 3.98. The zero-order chi connectivity index (χ0) is 15.4. The molecule has 2 N–H and O–H groups in total. The van der Waals surface area contributed by atoms with Crippen molar-refractivity contribution in [2.45, 2.75) is 20.3 Å². The van der Waals surface area contributed by atoms with Crippen LogP contribution in [0.1, 0.15) is 18.9 Å². The molecule has 0 saturated heterocycles. The van der Waals surface area contributed by atoms with Gasteiger partial charge in [-0.05, 0) is 43.2 Å². The molecule has 1 aromatic heterocycles. The molecule has 2 rings (SSSR count). The van der Waals surface area contributed by atoms with E-state index < -0.39 is 0 Å². The van der Waals surface area contributed by atoms with Gasteiger partial charge < -0.3 is 10.6 Å². The summed E-state index contributed by atoms with van der Waals surface area (Å²) in [6.45, 7) is 4.92. The zero-order valence-electron chi connectivity index (χ0n) is 11.8. The van der Waals surface area contributed by atoms with Crippen molar-refractivity contribution in [3.63, 3.8) is 0 Å². The van der Waals surface area contributed by atoms with E-state index in [-0.39, 0.29) is 0 Å². The summed E-state index contributed by atoms with van der Waals surface area (Å²) in [5.41, 5.74) is 2.05. The number of rotatable bonds is 5. The monoisotopic (exact) mass is 387 g/mol. The highest BCUT2D eigenvalue weighted by molar-refractivity contribution is 9.10. The number of aromatic nitrogens is 1. The van der Waals surface area contributed by atoms with Crippen molar-refractivity contribution in [3.05, 3.63) is 44.3 Å². The number of anilines is 3. The van der Waals surface area contributed by atoms with Gasteiger partial charge in [-0.1, -0.05) is 46.1 Å². The molecular formula is C15H16BrCl2N3. The maximum atomic E-state index is 6.22. The molecule has 3 nitrogen and oxygen atoms in total. The van der Waals surface area contributed by atoms with Gasteiger partial charge >= 0.3 is 0 Å². The van der Waals surface area contributed by atoms with Gasteiger partial charge in [-0.2, -0.15) is 0 Å². The van der Waals surface area contributed by atoms with E-state index in [9.17, 15) is 0 Å². The Bertz CT molecular complexity index is 647. The first-order valence-corrected chi connectivity index (χ1v) is 8.19. The molecule has 0 atom stereocenters. The number of pyridine rings is 1. The van der Waals surface area contributed by atoms with E-state index in [4.69, 9.17) is 23.2 Å². The van der Waals surface area contributed by atoms with Gasteiger partial charge in [0.25, 0.3) is 0 Å². The molecule has 0 aliphatic carbocycles. The first kappa shape index (κ1) is 16.4. The number of hydrogen-bond donors (Lipinski definition) is 2. The maximum Gasteiger partial charge on any atom is 0.151 e. The van der Waals surface area contributed by atoms with Gasteiger partial charge in [0.15, 0.2) is 5.82 Å². The second-order valence-electron chi connectivity index (χ2n) is 4.66. The number of halogens is 3. The maximum absolute atomic E-state index is 6.22. The van der Waals surface area contributed by atoms with Crippen LogP contribution >= 0.6 is 39.1 Å². The molecule has 0 aliphatic heterocycles. The first-order chi connectivity index (χ1) is 10.0. The second-order valence-corrected chi connectivity index (χ2v) is 6.39. The molecule has 2 aromatic rings. The van der Waals surface area contributed by atoms with Crippen LogP contribution in [0.4, 0.5) is 17.3 Å². The molecule has 0 spiro atoms. The zero-order valence-corrected chi connectivity index (χ0v) is 14.9. The van der Waals surface area contributed by atoms with Crippen LogP contribution in [0.15, 0.2) is 28.7 Å². The van der Waals surface area contributed by atoms with Gasteiger partial charge in [-0.15, -0.1) is 0 Å². The Labute approximate surface area is 143 Å². The summed E-state index contributed by atoms with van der Waals surface area (Å²) < 4.78 is 1.03. The van der Waals surface area contributed by atoms with E-state index in [1.165, 1.54) is 0 Å². The van der Waals surface area contributed by atoms with Crippen molar-refractivity contribution < 1.29 is 0 Å². The summed E-state index contributed by atoms with van der Waals surface area (Å²) in [7, 11) is 0. The topological polar surface area (TPSA) is 37.0 Å². The fourth-order valence-electron chi connectivity index (χ4n) is 1.82. The molecule has 21 heavy (non-hydrogen) atoms. The third kappa shape index (κ3) is 4.25. The molecule has 0 unspecified atom stereocenters. The van der Waals surface area contributed by atoms with Crippen molar-refractivity contribution >= 4 is 56.5 Å². The van der Waals surface area contributed by atoms with Crippen molar-refractivity contribution in [1.29, 1.82) is 0 Å². The van der Waals surface area contributed by atoms with E-state index in [1.807, 2.05) is 25.1 Å². The molecule has 0 fully saturated rings. The summed E-state index contributed by atoms with van der Waals surface area (Å²) in [5.74, 6) is 1.23. The van der Waals surface area contributed by atoms with Crippen molar-refractivity contribution in [1.82, 2.24) is 4.98 Å². The molecular weight excluding hydrogens is 373 g/mol. The average molecular weight is 389 g/mol. The Kier molecular flexibility index (Phi) is 5.73. The highest BCUT2D eigenvalue weighted by Gasteiger charge is 2.10. The molecule has 1 heterocycles. The smallest absolute Gasteiger partial charge is 0.151 e. The second kappa shape index (κ2) is 7.34. The molecule has 0 amide bonds. The predicted octanol–water partition coefficient (Wildman–Crippen LogP) is 6.02. The average Bonchev–Trinajstić information content (AvgIpc) is 2.43. The van der Waals surface area contributed by atoms with Crippen LogP contribution in [-0.4, -0.2) is 11.5 Å². The quantitative estimate of drug-likeness (QED) is 0.656. The summed E-state index contributed by atoms with van der Waals surface area (Å²) >= 11 is 15.8. The molecule has 0 bridgehead atoms. The minimum absolute atomic E-state index is 0.490. The van der Waals surface area contributed by atoms with Gasteiger partial charge in [0.05, 0.1) is 10.0 Å². The molecule has 0 saturated carbocycles. The SMILES string of the molecule is CCCNc1nc(Nc2ccc(Br)cc2C)c(Cl)cc1Cl. The third-order valence-electron chi connectivity index (χ3n) is 2.91.